The standard InChI is InChI=1S/C18H26ClN3O/c19-15-4-1-13(2-5-15)12-22-9-7-17(8-10-22)21-18(23)14-3-6-16(20)11-14/h1-2,4-5,14,16-17H,3,6-12,20H2,(H,21,23). The van der Waals surface area contributed by atoms with Crippen molar-refractivity contribution in [2.75, 3.05) is 13.1 Å². The zero-order chi connectivity index (χ0) is 16.2. The van der Waals surface area contributed by atoms with Crippen molar-refractivity contribution in [3.63, 3.8) is 0 Å². The van der Waals surface area contributed by atoms with E-state index in [2.05, 4.69) is 22.3 Å². The molecular formula is C18H26ClN3O. The smallest absolute Gasteiger partial charge is 0.223 e. The van der Waals surface area contributed by atoms with Crippen molar-refractivity contribution in [3.8, 4) is 0 Å². The van der Waals surface area contributed by atoms with Crippen molar-refractivity contribution in [1.29, 1.82) is 0 Å². The van der Waals surface area contributed by atoms with Gasteiger partial charge in [0.1, 0.15) is 0 Å². The van der Waals surface area contributed by atoms with Crippen LogP contribution < -0.4 is 11.1 Å². The van der Waals surface area contributed by atoms with E-state index in [-0.39, 0.29) is 17.9 Å². The maximum atomic E-state index is 12.3. The SMILES string of the molecule is NC1CCC(C(=O)NC2CCN(Cc3ccc(Cl)cc3)CC2)C1. The number of halogens is 1. The Labute approximate surface area is 143 Å². The third kappa shape index (κ3) is 4.69. The largest absolute Gasteiger partial charge is 0.353 e. The van der Waals surface area contributed by atoms with Gasteiger partial charge >= 0.3 is 0 Å². The number of nitrogens with one attached hydrogen (secondary N) is 1. The molecule has 1 aromatic rings. The van der Waals surface area contributed by atoms with Gasteiger partial charge in [0.15, 0.2) is 0 Å². The summed E-state index contributed by atoms with van der Waals surface area (Å²) in [5, 5.41) is 4.01. The fourth-order valence-electron chi connectivity index (χ4n) is 3.66. The molecule has 23 heavy (non-hydrogen) atoms. The fraction of sp³-hybridized carbons (Fsp3) is 0.611. The molecule has 1 heterocycles. The first-order valence-corrected chi connectivity index (χ1v) is 9.00. The number of hydrogen-bond acceptors (Lipinski definition) is 3. The summed E-state index contributed by atoms with van der Waals surface area (Å²) in [6, 6.07) is 8.58. The first kappa shape index (κ1) is 16.7. The third-order valence-corrected chi connectivity index (χ3v) is 5.35. The third-order valence-electron chi connectivity index (χ3n) is 5.10. The van der Waals surface area contributed by atoms with Crippen molar-refractivity contribution in [2.24, 2.45) is 11.7 Å². The lowest BCUT2D eigenvalue weighted by Gasteiger charge is -2.33. The van der Waals surface area contributed by atoms with Crippen LogP contribution in [0.15, 0.2) is 24.3 Å². The summed E-state index contributed by atoms with van der Waals surface area (Å²) in [7, 11) is 0. The van der Waals surface area contributed by atoms with Crippen LogP contribution in [0.25, 0.3) is 0 Å². The molecule has 0 aromatic heterocycles. The molecule has 2 aliphatic rings. The molecule has 5 heteroatoms. The lowest BCUT2D eigenvalue weighted by Crippen LogP contribution is -2.46. The van der Waals surface area contributed by atoms with Crippen LogP contribution in [-0.4, -0.2) is 36.0 Å². The maximum Gasteiger partial charge on any atom is 0.223 e. The molecule has 2 atom stereocenters. The summed E-state index contributed by atoms with van der Waals surface area (Å²) in [5.74, 6) is 0.353. The molecule has 0 bridgehead atoms. The molecule has 126 valence electrons. The number of hydrogen-bond donors (Lipinski definition) is 2. The number of nitrogens with zero attached hydrogens (tertiary/aromatic N) is 1. The molecule has 0 spiro atoms. The van der Waals surface area contributed by atoms with E-state index in [1.807, 2.05) is 12.1 Å². The number of amides is 1. The Bertz CT molecular complexity index is 526. The van der Waals surface area contributed by atoms with E-state index in [1.54, 1.807) is 0 Å². The predicted octanol–water partition coefficient (Wildman–Crippen LogP) is 2.55. The number of carbonyl (C=O) groups excluding carboxylic acids is 1. The predicted molar refractivity (Wildman–Crippen MR) is 93.2 cm³/mol. The summed E-state index contributed by atoms with van der Waals surface area (Å²) in [6.07, 6.45) is 4.83. The van der Waals surface area contributed by atoms with Gasteiger partial charge in [-0.2, -0.15) is 0 Å². The second kappa shape index (κ2) is 7.65. The van der Waals surface area contributed by atoms with Gasteiger partial charge in [0.2, 0.25) is 5.91 Å². The highest BCUT2D eigenvalue weighted by Crippen LogP contribution is 2.25. The number of rotatable bonds is 4. The van der Waals surface area contributed by atoms with Crippen LogP contribution in [0.3, 0.4) is 0 Å². The normalized spacial score (nSPS) is 26.3. The minimum atomic E-state index is 0.136. The van der Waals surface area contributed by atoms with Gasteiger partial charge in [-0.1, -0.05) is 23.7 Å². The Hall–Kier alpha value is -1.10. The monoisotopic (exact) mass is 335 g/mol. The van der Waals surface area contributed by atoms with E-state index in [0.29, 0.717) is 6.04 Å². The second-order valence-corrected chi connectivity index (χ2v) is 7.39. The number of benzene rings is 1. The average molecular weight is 336 g/mol. The highest BCUT2D eigenvalue weighted by molar-refractivity contribution is 6.30. The minimum Gasteiger partial charge on any atom is -0.353 e. The van der Waals surface area contributed by atoms with E-state index >= 15 is 0 Å². The van der Waals surface area contributed by atoms with E-state index in [0.717, 1.165) is 56.8 Å². The van der Waals surface area contributed by atoms with Crippen LogP contribution >= 0.6 is 11.6 Å². The van der Waals surface area contributed by atoms with Gasteiger partial charge in [0.05, 0.1) is 0 Å². The molecule has 1 amide bonds. The van der Waals surface area contributed by atoms with Gasteiger partial charge in [-0.15, -0.1) is 0 Å². The molecule has 1 aromatic carbocycles. The summed E-state index contributed by atoms with van der Waals surface area (Å²) in [4.78, 5) is 14.7. The first-order chi connectivity index (χ1) is 11.1. The van der Waals surface area contributed by atoms with Gasteiger partial charge in [-0.25, -0.2) is 0 Å². The summed E-state index contributed by atoms with van der Waals surface area (Å²) in [6.45, 7) is 3.00. The molecule has 1 aliphatic heterocycles. The molecular weight excluding hydrogens is 310 g/mol. The van der Waals surface area contributed by atoms with Crippen molar-refractivity contribution < 1.29 is 4.79 Å². The van der Waals surface area contributed by atoms with E-state index in [1.165, 1.54) is 5.56 Å². The first-order valence-electron chi connectivity index (χ1n) is 8.63. The van der Waals surface area contributed by atoms with E-state index in [9.17, 15) is 4.79 Å². The fourth-order valence-corrected chi connectivity index (χ4v) is 3.78. The van der Waals surface area contributed by atoms with Gasteiger partial charge in [0.25, 0.3) is 0 Å². The zero-order valence-electron chi connectivity index (χ0n) is 13.5. The Morgan fingerprint density at radius 2 is 1.87 bits per heavy atom. The van der Waals surface area contributed by atoms with Crippen LogP contribution in [0.5, 0.6) is 0 Å². The van der Waals surface area contributed by atoms with Crippen molar-refractivity contribution in [1.82, 2.24) is 10.2 Å². The van der Waals surface area contributed by atoms with Crippen LogP contribution in [-0.2, 0) is 11.3 Å². The molecule has 0 radical (unpaired) electrons. The van der Waals surface area contributed by atoms with Crippen molar-refractivity contribution in [2.45, 2.75) is 50.7 Å². The van der Waals surface area contributed by atoms with Gasteiger partial charge in [0, 0.05) is 42.7 Å². The molecule has 3 N–H and O–H groups in total. The highest BCUT2D eigenvalue weighted by atomic mass is 35.5. The highest BCUT2D eigenvalue weighted by Gasteiger charge is 2.29. The Kier molecular flexibility index (Phi) is 5.57. The van der Waals surface area contributed by atoms with Crippen LogP contribution in [0.4, 0.5) is 0 Å². The lowest BCUT2D eigenvalue weighted by atomic mass is 10.0. The topological polar surface area (TPSA) is 58.4 Å². The lowest BCUT2D eigenvalue weighted by molar-refractivity contribution is -0.125. The summed E-state index contributed by atoms with van der Waals surface area (Å²) >= 11 is 5.92. The molecule has 3 rings (SSSR count). The number of nitrogens with two attached hydrogens (primary N) is 1. The Balaban J connectivity index is 1.41. The van der Waals surface area contributed by atoms with Crippen LogP contribution in [0.2, 0.25) is 5.02 Å². The van der Waals surface area contributed by atoms with Crippen LogP contribution in [0, 0.1) is 5.92 Å². The molecule has 1 aliphatic carbocycles. The molecule has 4 nitrogen and oxygen atoms in total. The number of piperidine rings is 1. The van der Waals surface area contributed by atoms with Gasteiger partial charge in [-0.05, 0) is 49.8 Å². The summed E-state index contributed by atoms with van der Waals surface area (Å²) < 4.78 is 0. The molecule has 2 unspecified atom stereocenters. The minimum absolute atomic E-state index is 0.136. The number of carbonyl (C=O) groups is 1. The maximum absolute atomic E-state index is 12.3. The Morgan fingerprint density at radius 1 is 1.17 bits per heavy atom. The molecule has 1 saturated carbocycles. The average Bonchev–Trinajstić information content (AvgIpc) is 2.98. The summed E-state index contributed by atoms with van der Waals surface area (Å²) in [5.41, 5.74) is 7.19. The van der Waals surface area contributed by atoms with E-state index in [4.69, 9.17) is 17.3 Å². The van der Waals surface area contributed by atoms with Crippen molar-refractivity contribution >= 4 is 17.5 Å². The number of likely N-dealkylation sites (tertiary alicyclic amines) is 1. The Morgan fingerprint density at radius 3 is 2.48 bits per heavy atom. The zero-order valence-corrected chi connectivity index (χ0v) is 14.3. The van der Waals surface area contributed by atoms with Crippen LogP contribution in [0.1, 0.15) is 37.7 Å². The molecule has 1 saturated heterocycles. The van der Waals surface area contributed by atoms with E-state index < -0.39 is 0 Å². The van der Waals surface area contributed by atoms with Gasteiger partial charge < -0.3 is 11.1 Å². The quantitative estimate of drug-likeness (QED) is 0.889. The van der Waals surface area contributed by atoms with Gasteiger partial charge in [-0.3, -0.25) is 9.69 Å². The second-order valence-electron chi connectivity index (χ2n) is 6.96. The van der Waals surface area contributed by atoms with Crippen molar-refractivity contribution in [3.05, 3.63) is 34.9 Å². The molecule has 2 fully saturated rings.